The van der Waals surface area contributed by atoms with Gasteiger partial charge in [-0.25, -0.2) is 0 Å². The molecule has 1 aliphatic heterocycles. The van der Waals surface area contributed by atoms with Crippen LogP contribution in [0.2, 0.25) is 0 Å². The lowest BCUT2D eigenvalue weighted by Gasteiger charge is -2.27. The molecule has 0 amide bonds. The number of ether oxygens (including phenoxy) is 1. The Balaban J connectivity index is 2.60. The molecule has 0 saturated carbocycles. The second-order valence-corrected chi connectivity index (χ2v) is 4.46. The molecule has 18 heavy (non-hydrogen) atoms. The third-order valence-electron chi connectivity index (χ3n) is 3.25. The lowest BCUT2D eigenvalue weighted by Crippen LogP contribution is -2.31. The Hall–Kier alpha value is -2.21. The third kappa shape index (κ3) is 1.23. The summed E-state index contributed by atoms with van der Waals surface area (Å²) in [6, 6.07) is 1.65. The van der Waals surface area contributed by atoms with Gasteiger partial charge in [-0.1, -0.05) is 0 Å². The number of rotatable bonds is 0. The van der Waals surface area contributed by atoms with Crippen LogP contribution in [0.25, 0.3) is 10.9 Å². The predicted octanol–water partition coefficient (Wildman–Crippen LogP) is 0.447. The van der Waals surface area contributed by atoms with E-state index < -0.39 is 11.6 Å². The molecule has 5 N–H and O–H groups in total. The number of nitrogen functional groups attached to an aromatic ring is 1. The molecule has 0 bridgehead atoms. The number of hydrogen-bond donors (Lipinski definition) is 3. The quantitative estimate of drug-likeness (QED) is 0.586. The van der Waals surface area contributed by atoms with Crippen molar-refractivity contribution in [3.8, 4) is 11.5 Å². The minimum absolute atomic E-state index is 0.248. The Morgan fingerprint density at radius 2 is 2.28 bits per heavy atom. The van der Waals surface area contributed by atoms with Gasteiger partial charge < -0.3 is 25.9 Å². The SMILES string of the molecule is Cc1cc2c(=O)c(O)cn3c2c(c1N)OCC3N. The number of benzene rings is 1. The Morgan fingerprint density at radius 3 is 3.00 bits per heavy atom. The molecule has 1 aliphatic rings. The molecular formula is C12H13N3O3. The highest BCUT2D eigenvalue weighted by atomic mass is 16.5. The number of pyridine rings is 1. The van der Waals surface area contributed by atoms with Crippen molar-refractivity contribution in [3.63, 3.8) is 0 Å². The molecule has 0 fully saturated rings. The summed E-state index contributed by atoms with van der Waals surface area (Å²) in [6.45, 7) is 2.04. The van der Waals surface area contributed by atoms with E-state index in [1.54, 1.807) is 17.6 Å². The van der Waals surface area contributed by atoms with Crippen molar-refractivity contribution in [1.29, 1.82) is 0 Å². The standard InChI is InChI=1S/C12H13N3O3/c1-5-2-6-10-12(9(5)14)18-4-8(13)15(10)3-7(16)11(6)17/h2-3,8,16H,4,13-14H2,1H3. The molecule has 1 unspecified atom stereocenters. The van der Waals surface area contributed by atoms with Crippen molar-refractivity contribution in [2.45, 2.75) is 13.1 Å². The molecule has 94 valence electrons. The zero-order valence-corrected chi connectivity index (χ0v) is 9.80. The van der Waals surface area contributed by atoms with Gasteiger partial charge in [-0.3, -0.25) is 4.79 Å². The van der Waals surface area contributed by atoms with Crippen LogP contribution >= 0.6 is 0 Å². The Bertz CT molecular complexity index is 721. The first kappa shape index (κ1) is 10.9. The van der Waals surface area contributed by atoms with E-state index in [4.69, 9.17) is 16.2 Å². The van der Waals surface area contributed by atoms with Crippen molar-refractivity contribution >= 4 is 16.6 Å². The number of aromatic hydroxyl groups is 1. The number of nitrogens with two attached hydrogens (primary N) is 2. The summed E-state index contributed by atoms with van der Waals surface area (Å²) < 4.78 is 7.15. The van der Waals surface area contributed by atoms with Crippen LogP contribution in [0.5, 0.6) is 11.5 Å². The third-order valence-corrected chi connectivity index (χ3v) is 3.25. The molecule has 0 saturated heterocycles. The number of nitrogens with zero attached hydrogens (tertiary/aromatic N) is 1. The van der Waals surface area contributed by atoms with Gasteiger partial charge in [-0.05, 0) is 18.6 Å². The molecule has 2 aromatic rings. The van der Waals surface area contributed by atoms with Crippen LogP contribution in [0.1, 0.15) is 11.7 Å². The zero-order chi connectivity index (χ0) is 13.0. The highest BCUT2D eigenvalue weighted by Gasteiger charge is 2.24. The first-order valence-electron chi connectivity index (χ1n) is 5.56. The molecule has 0 aliphatic carbocycles. The van der Waals surface area contributed by atoms with Gasteiger partial charge in [-0.2, -0.15) is 0 Å². The van der Waals surface area contributed by atoms with E-state index in [-0.39, 0.29) is 12.4 Å². The number of aryl methyl sites for hydroxylation is 1. The molecule has 6 nitrogen and oxygen atoms in total. The highest BCUT2D eigenvalue weighted by molar-refractivity contribution is 5.92. The smallest absolute Gasteiger partial charge is 0.231 e. The first-order valence-corrected chi connectivity index (χ1v) is 5.56. The monoisotopic (exact) mass is 247 g/mol. The van der Waals surface area contributed by atoms with E-state index in [1.165, 1.54) is 6.20 Å². The summed E-state index contributed by atoms with van der Waals surface area (Å²) in [5.74, 6) is 0.138. The molecule has 6 heteroatoms. The second-order valence-electron chi connectivity index (χ2n) is 4.46. The lowest BCUT2D eigenvalue weighted by molar-refractivity contribution is 0.240. The predicted molar refractivity (Wildman–Crippen MR) is 67.7 cm³/mol. The Kier molecular flexibility index (Phi) is 2.06. The number of aromatic nitrogens is 1. The summed E-state index contributed by atoms with van der Waals surface area (Å²) in [4.78, 5) is 11.9. The van der Waals surface area contributed by atoms with Crippen LogP contribution in [0.15, 0.2) is 17.1 Å². The molecule has 1 aromatic heterocycles. The first-order chi connectivity index (χ1) is 8.50. The van der Waals surface area contributed by atoms with Crippen LogP contribution in [-0.4, -0.2) is 16.3 Å². The Morgan fingerprint density at radius 1 is 1.56 bits per heavy atom. The largest absolute Gasteiger partial charge is 0.503 e. The van der Waals surface area contributed by atoms with Crippen molar-refractivity contribution in [3.05, 3.63) is 28.0 Å². The topological polar surface area (TPSA) is 104 Å². The fourth-order valence-electron chi connectivity index (χ4n) is 2.27. The maximum atomic E-state index is 11.9. The molecule has 0 radical (unpaired) electrons. The summed E-state index contributed by atoms with van der Waals surface area (Å²) in [5.41, 5.74) is 13.2. The Labute approximate surface area is 102 Å². The van der Waals surface area contributed by atoms with E-state index in [0.717, 1.165) is 5.56 Å². The maximum absolute atomic E-state index is 11.9. The molecule has 3 rings (SSSR count). The van der Waals surface area contributed by atoms with Gasteiger partial charge in [0.2, 0.25) is 5.43 Å². The van der Waals surface area contributed by atoms with Gasteiger partial charge in [0, 0.05) is 0 Å². The molecule has 1 aromatic carbocycles. The van der Waals surface area contributed by atoms with E-state index in [0.29, 0.717) is 22.3 Å². The minimum atomic E-state index is -0.450. The van der Waals surface area contributed by atoms with Gasteiger partial charge in [0.05, 0.1) is 22.8 Å². The van der Waals surface area contributed by atoms with E-state index >= 15 is 0 Å². The van der Waals surface area contributed by atoms with Crippen LogP contribution in [0.3, 0.4) is 0 Å². The van der Waals surface area contributed by atoms with Crippen LogP contribution in [0.4, 0.5) is 5.69 Å². The van der Waals surface area contributed by atoms with Crippen LogP contribution < -0.4 is 21.6 Å². The summed E-state index contributed by atoms with van der Waals surface area (Å²) in [6.07, 6.45) is 0.879. The van der Waals surface area contributed by atoms with Gasteiger partial charge in [-0.15, -0.1) is 0 Å². The van der Waals surface area contributed by atoms with E-state index in [2.05, 4.69) is 0 Å². The van der Waals surface area contributed by atoms with E-state index in [1.807, 2.05) is 0 Å². The molecule has 1 atom stereocenters. The highest BCUT2D eigenvalue weighted by Crippen LogP contribution is 2.37. The summed E-state index contributed by atoms with van der Waals surface area (Å²) in [5, 5.41) is 10.0. The number of hydrogen-bond acceptors (Lipinski definition) is 5. The van der Waals surface area contributed by atoms with Crippen LogP contribution in [0, 0.1) is 6.92 Å². The molecular weight excluding hydrogens is 234 g/mol. The van der Waals surface area contributed by atoms with Crippen molar-refractivity contribution in [1.82, 2.24) is 4.57 Å². The molecule has 0 spiro atoms. The van der Waals surface area contributed by atoms with E-state index in [9.17, 15) is 9.90 Å². The average molecular weight is 247 g/mol. The fraction of sp³-hybridized carbons (Fsp3) is 0.250. The average Bonchev–Trinajstić information content (AvgIpc) is 2.34. The summed E-state index contributed by atoms with van der Waals surface area (Å²) >= 11 is 0. The molecule has 2 heterocycles. The number of anilines is 1. The van der Waals surface area contributed by atoms with Gasteiger partial charge in [0.1, 0.15) is 12.8 Å². The fourth-order valence-corrected chi connectivity index (χ4v) is 2.27. The van der Waals surface area contributed by atoms with Gasteiger partial charge >= 0.3 is 0 Å². The van der Waals surface area contributed by atoms with Gasteiger partial charge in [0.15, 0.2) is 11.5 Å². The maximum Gasteiger partial charge on any atom is 0.231 e. The normalized spacial score (nSPS) is 17.8. The second kappa shape index (κ2) is 3.39. The van der Waals surface area contributed by atoms with Crippen molar-refractivity contribution in [2.24, 2.45) is 5.73 Å². The summed E-state index contributed by atoms with van der Waals surface area (Å²) in [7, 11) is 0. The minimum Gasteiger partial charge on any atom is -0.503 e. The van der Waals surface area contributed by atoms with Crippen molar-refractivity contribution in [2.75, 3.05) is 12.3 Å². The van der Waals surface area contributed by atoms with Crippen molar-refractivity contribution < 1.29 is 9.84 Å². The van der Waals surface area contributed by atoms with Gasteiger partial charge in [0.25, 0.3) is 0 Å². The lowest BCUT2D eigenvalue weighted by atomic mass is 10.1. The zero-order valence-electron chi connectivity index (χ0n) is 9.80. The van der Waals surface area contributed by atoms with Crippen LogP contribution in [-0.2, 0) is 0 Å².